The summed E-state index contributed by atoms with van der Waals surface area (Å²) < 4.78 is 3.96. The Kier molecular flexibility index (Phi) is 4.69. The van der Waals surface area contributed by atoms with E-state index in [0.29, 0.717) is 6.54 Å². The number of aliphatic imine (C=N–C) groups is 1. The van der Waals surface area contributed by atoms with E-state index in [0.717, 1.165) is 36.1 Å². The molecule has 0 unspecified atom stereocenters. The van der Waals surface area contributed by atoms with E-state index >= 15 is 0 Å². The Hall–Kier alpha value is -2.35. The molecule has 116 valence electrons. The summed E-state index contributed by atoms with van der Waals surface area (Å²) in [5.41, 5.74) is 1.01. The summed E-state index contributed by atoms with van der Waals surface area (Å²) in [5, 5.41) is 12.8. The fraction of sp³-hybridized carbons (Fsp3) is 0.357. The molecular weight excluding hydrogens is 298 g/mol. The van der Waals surface area contributed by atoms with Crippen molar-refractivity contribution >= 4 is 22.3 Å². The summed E-state index contributed by atoms with van der Waals surface area (Å²) in [6.45, 7) is 2.40. The zero-order chi connectivity index (χ0) is 15.2. The Morgan fingerprint density at radius 2 is 2.32 bits per heavy atom. The van der Waals surface area contributed by atoms with Gasteiger partial charge in [0.1, 0.15) is 0 Å². The Labute approximate surface area is 132 Å². The molecular formula is C14H19N7S. The Bertz CT molecular complexity index is 697. The highest BCUT2D eigenvalue weighted by atomic mass is 32.1. The molecule has 3 aromatic heterocycles. The first kappa shape index (κ1) is 14.6. The molecule has 3 aromatic rings. The van der Waals surface area contributed by atoms with Crippen LogP contribution in [0.1, 0.15) is 12.1 Å². The zero-order valence-corrected chi connectivity index (χ0v) is 13.3. The van der Waals surface area contributed by atoms with Gasteiger partial charge < -0.3 is 10.6 Å². The summed E-state index contributed by atoms with van der Waals surface area (Å²) in [5.74, 6) is 0.789. The standard InChI is InChI=1S/C14H19N7S/c1-15-13(16-4-2-6-21-7-3-5-18-21)17-10-12-11-20-8-9-22-14(20)19-12/h3,5,7-9,11H,2,4,6,10H2,1H3,(H2,15,16,17). The third-order valence-electron chi connectivity index (χ3n) is 3.22. The number of nitrogens with one attached hydrogen (secondary N) is 2. The van der Waals surface area contributed by atoms with Gasteiger partial charge in [0, 0.05) is 50.3 Å². The Morgan fingerprint density at radius 3 is 3.09 bits per heavy atom. The van der Waals surface area contributed by atoms with Crippen molar-refractivity contribution in [2.24, 2.45) is 4.99 Å². The molecule has 2 N–H and O–H groups in total. The first-order valence-electron chi connectivity index (χ1n) is 7.18. The number of hydrogen-bond acceptors (Lipinski definition) is 4. The molecule has 0 aliphatic rings. The third kappa shape index (κ3) is 3.64. The second-order valence-electron chi connectivity index (χ2n) is 4.80. The molecule has 0 radical (unpaired) electrons. The molecule has 3 rings (SSSR count). The molecule has 0 aliphatic carbocycles. The van der Waals surface area contributed by atoms with Crippen molar-refractivity contribution in [1.29, 1.82) is 0 Å². The number of rotatable bonds is 6. The van der Waals surface area contributed by atoms with E-state index in [-0.39, 0.29) is 0 Å². The van der Waals surface area contributed by atoms with Gasteiger partial charge >= 0.3 is 0 Å². The van der Waals surface area contributed by atoms with Crippen LogP contribution in [0.25, 0.3) is 4.96 Å². The maximum absolute atomic E-state index is 4.53. The SMILES string of the molecule is CN=C(NCCCn1cccn1)NCc1cn2ccsc2n1. The van der Waals surface area contributed by atoms with Gasteiger partial charge in [-0.05, 0) is 12.5 Å². The van der Waals surface area contributed by atoms with Crippen molar-refractivity contribution in [2.45, 2.75) is 19.5 Å². The number of aromatic nitrogens is 4. The zero-order valence-electron chi connectivity index (χ0n) is 12.4. The van der Waals surface area contributed by atoms with Gasteiger partial charge in [0.25, 0.3) is 0 Å². The predicted octanol–water partition coefficient (Wildman–Crippen LogP) is 1.35. The topological polar surface area (TPSA) is 71.5 Å². The molecule has 0 atom stereocenters. The van der Waals surface area contributed by atoms with Crippen LogP contribution in [0.3, 0.4) is 0 Å². The normalized spacial score (nSPS) is 12.0. The average molecular weight is 317 g/mol. The van der Waals surface area contributed by atoms with Crippen LogP contribution in [-0.4, -0.2) is 38.7 Å². The molecule has 0 amide bonds. The Morgan fingerprint density at radius 1 is 1.36 bits per heavy atom. The van der Waals surface area contributed by atoms with E-state index in [1.54, 1.807) is 24.6 Å². The predicted molar refractivity (Wildman–Crippen MR) is 88.1 cm³/mol. The first-order valence-corrected chi connectivity index (χ1v) is 8.06. The van der Waals surface area contributed by atoms with E-state index in [4.69, 9.17) is 0 Å². The van der Waals surface area contributed by atoms with Gasteiger partial charge in [-0.1, -0.05) is 0 Å². The monoisotopic (exact) mass is 317 g/mol. The van der Waals surface area contributed by atoms with E-state index < -0.39 is 0 Å². The summed E-state index contributed by atoms with van der Waals surface area (Å²) in [7, 11) is 1.77. The minimum atomic E-state index is 0.660. The van der Waals surface area contributed by atoms with Gasteiger partial charge in [0.15, 0.2) is 10.9 Å². The van der Waals surface area contributed by atoms with Crippen molar-refractivity contribution in [3.05, 3.63) is 41.9 Å². The highest BCUT2D eigenvalue weighted by Gasteiger charge is 2.03. The number of hydrogen-bond donors (Lipinski definition) is 2. The molecule has 3 heterocycles. The summed E-state index contributed by atoms with van der Waals surface area (Å²) in [6.07, 6.45) is 8.80. The molecule has 0 bridgehead atoms. The number of aryl methyl sites for hydroxylation is 1. The van der Waals surface area contributed by atoms with Gasteiger partial charge in [-0.25, -0.2) is 4.98 Å². The molecule has 8 heteroatoms. The second kappa shape index (κ2) is 7.08. The summed E-state index contributed by atoms with van der Waals surface area (Å²) >= 11 is 1.63. The van der Waals surface area contributed by atoms with Crippen molar-refractivity contribution in [2.75, 3.05) is 13.6 Å². The summed E-state index contributed by atoms with van der Waals surface area (Å²) in [4.78, 5) is 9.77. The van der Waals surface area contributed by atoms with E-state index in [9.17, 15) is 0 Å². The van der Waals surface area contributed by atoms with Crippen LogP contribution in [0.5, 0.6) is 0 Å². The van der Waals surface area contributed by atoms with Gasteiger partial charge in [-0.2, -0.15) is 5.10 Å². The lowest BCUT2D eigenvalue weighted by Gasteiger charge is -2.10. The quantitative estimate of drug-likeness (QED) is 0.409. The van der Waals surface area contributed by atoms with Crippen LogP contribution >= 0.6 is 11.3 Å². The number of fused-ring (bicyclic) bond motifs is 1. The maximum atomic E-state index is 4.53. The molecule has 0 aromatic carbocycles. The average Bonchev–Trinajstić information content (AvgIpc) is 3.23. The lowest BCUT2D eigenvalue weighted by atomic mass is 10.4. The minimum Gasteiger partial charge on any atom is -0.356 e. The lowest BCUT2D eigenvalue weighted by Crippen LogP contribution is -2.37. The van der Waals surface area contributed by atoms with Gasteiger partial charge in [0.2, 0.25) is 0 Å². The van der Waals surface area contributed by atoms with Gasteiger partial charge in [-0.3, -0.25) is 14.1 Å². The maximum Gasteiger partial charge on any atom is 0.193 e. The van der Waals surface area contributed by atoms with Crippen LogP contribution in [0.15, 0.2) is 41.2 Å². The van der Waals surface area contributed by atoms with E-state index in [1.165, 1.54) is 0 Å². The van der Waals surface area contributed by atoms with Gasteiger partial charge in [0.05, 0.1) is 12.2 Å². The third-order valence-corrected chi connectivity index (χ3v) is 3.99. The van der Waals surface area contributed by atoms with Crippen LogP contribution < -0.4 is 10.6 Å². The molecule has 0 spiro atoms. The molecule has 7 nitrogen and oxygen atoms in total. The highest BCUT2D eigenvalue weighted by molar-refractivity contribution is 7.15. The molecule has 0 saturated carbocycles. The van der Waals surface area contributed by atoms with E-state index in [2.05, 4.69) is 25.7 Å². The number of thiazole rings is 1. The van der Waals surface area contributed by atoms with Gasteiger partial charge in [-0.15, -0.1) is 11.3 Å². The second-order valence-corrected chi connectivity index (χ2v) is 5.67. The van der Waals surface area contributed by atoms with E-state index in [1.807, 2.05) is 39.1 Å². The van der Waals surface area contributed by atoms with Crippen LogP contribution in [-0.2, 0) is 13.1 Å². The molecule has 0 saturated heterocycles. The van der Waals surface area contributed by atoms with Crippen LogP contribution in [0.4, 0.5) is 0 Å². The summed E-state index contributed by atoms with van der Waals surface area (Å²) in [6, 6.07) is 1.93. The van der Waals surface area contributed by atoms with Crippen LogP contribution in [0.2, 0.25) is 0 Å². The Balaban J connectivity index is 1.41. The van der Waals surface area contributed by atoms with Crippen molar-refractivity contribution < 1.29 is 0 Å². The first-order chi connectivity index (χ1) is 10.8. The molecule has 22 heavy (non-hydrogen) atoms. The fourth-order valence-corrected chi connectivity index (χ4v) is 2.86. The van der Waals surface area contributed by atoms with Crippen molar-refractivity contribution in [3.8, 4) is 0 Å². The fourth-order valence-electron chi connectivity index (χ4n) is 2.14. The minimum absolute atomic E-state index is 0.660. The smallest absolute Gasteiger partial charge is 0.193 e. The lowest BCUT2D eigenvalue weighted by molar-refractivity contribution is 0.570. The van der Waals surface area contributed by atoms with Crippen LogP contribution in [0, 0.1) is 0 Å². The molecule has 0 aliphatic heterocycles. The number of imidazole rings is 1. The molecule has 0 fully saturated rings. The number of nitrogens with zero attached hydrogens (tertiary/aromatic N) is 5. The van der Waals surface area contributed by atoms with Crippen molar-refractivity contribution in [3.63, 3.8) is 0 Å². The highest BCUT2D eigenvalue weighted by Crippen LogP contribution is 2.10. The van der Waals surface area contributed by atoms with Crippen molar-refractivity contribution in [1.82, 2.24) is 29.8 Å². The largest absolute Gasteiger partial charge is 0.356 e. The number of guanidine groups is 1.